The van der Waals surface area contributed by atoms with Crippen molar-refractivity contribution in [2.24, 2.45) is 5.92 Å². The minimum absolute atomic E-state index is 0.126. The van der Waals surface area contributed by atoms with Crippen molar-refractivity contribution in [3.8, 4) is 0 Å². The van der Waals surface area contributed by atoms with Crippen molar-refractivity contribution in [2.45, 2.75) is 49.4 Å². The van der Waals surface area contributed by atoms with Crippen LogP contribution < -0.4 is 0 Å². The van der Waals surface area contributed by atoms with Crippen LogP contribution in [-0.4, -0.2) is 54.9 Å². The molecule has 2 aliphatic heterocycles. The molecule has 0 spiro atoms. The maximum Gasteiger partial charge on any atom is 0.438 e. The molecule has 3 unspecified atom stereocenters. The van der Waals surface area contributed by atoms with Gasteiger partial charge < -0.3 is 14.0 Å². The van der Waals surface area contributed by atoms with E-state index in [-0.39, 0.29) is 12.8 Å². The topological polar surface area (TPSA) is 92.7 Å². The van der Waals surface area contributed by atoms with Crippen molar-refractivity contribution in [3.05, 3.63) is 0 Å². The average molecular weight is 385 g/mol. The van der Waals surface area contributed by atoms with Crippen LogP contribution in [0.25, 0.3) is 0 Å². The van der Waals surface area contributed by atoms with Gasteiger partial charge in [-0.15, -0.1) is 0 Å². The fourth-order valence-electron chi connectivity index (χ4n) is 2.85. The molecule has 2 heterocycles. The summed E-state index contributed by atoms with van der Waals surface area (Å²) < 4.78 is 119. The van der Waals surface area contributed by atoms with Gasteiger partial charge in [0.1, 0.15) is 0 Å². The van der Waals surface area contributed by atoms with E-state index in [2.05, 4.69) is 4.74 Å². The fourth-order valence-corrected chi connectivity index (χ4v) is 3.74. The number of hydrogen-bond acceptors (Lipinski definition) is 6. The predicted molar refractivity (Wildman–Crippen MR) is 61.5 cm³/mol. The van der Waals surface area contributed by atoms with Gasteiger partial charge in [0.25, 0.3) is 0 Å². The lowest BCUT2D eigenvalue weighted by atomic mass is 9.89. The molecule has 0 amide bonds. The lowest BCUT2D eigenvalue weighted by molar-refractivity contribution is -0.362. The average Bonchev–Trinajstić information content (AvgIpc) is 2.95. The Morgan fingerprint density at radius 1 is 1.12 bits per heavy atom. The van der Waals surface area contributed by atoms with Crippen LogP contribution in [0.15, 0.2) is 0 Å². The van der Waals surface area contributed by atoms with E-state index < -0.39 is 57.9 Å². The Bertz CT molecular complexity index is 597. The molecule has 2 rings (SSSR count). The fraction of sp³-hybridized carbons (Fsp3) is 0.909. The van der Waals surface area contributed by atoms with Gasteiger partial charge >= 0.3 is 23.9 Å². The number of carbonyl (C=O) groups excluding carboxylic acids is 1. The molecule has 0 N–H and O–H groups in total. The number of halogens is 6. The van der Waals surface area contributed by atoms with E-state index in [9.17, 15) is 44.1 Å². The summed E-state index contributed by atoms with van der Waals surface area (Å²) in [6.07, 6.45) is -13.4. The molecule has 0 aromatic carbocycles. The summed E-state index contributed by atoms with van der Waals surface area (Å²) in [7, 11) is -6.03. The van der Waals surface area contributed by atoms with Gasteiger partial charge in [-0.2, -0.15) is 26.3 Å². The molecule has 0 radical (unpaired) electrons. The lowest BCUT2D eigenvalue weighted by Crippen LogP contribution is -2.64. The second-order valence-electron chi connectivity index (χ2n) is 5.66. The van der Waals surface area contributed by atoms with Crippen LogP contribution in [0.4, 0.5) is 26.3 Å². The van der Waals surface area contributed by atoms with Crippen LogP contribution in [0.1, 0.15) is 19.3 Å². The summed E-state index contributed by atoms with van der Waals surface area (Å²) in [6, 6.07) is 0. The molecule has 0 saturated carbocycles. The number of carbonyl (C=O) groups is 1. The van der Waals surface area contributed by atoms with Gasteiger partial charge in [0.15, 0.2) is 0 Å². The normalized spacial score (nSPS) is 28.2. The van der Waals surface area contributed by atoms with Crippen LogP contribution in [0.5, 0.6) is 0 Å². The first-order valence-corrected chi connectivity index (χ1v) is 8.19. The predicted octanol–water partition coefficient (Wildman–Crippen LogP) is 1.51. The Morgan fingerprint density at radius 3 is 2.00 bits per heavy atom. The Hall–Kier alpha value is -1.08. The SMILES string of the molecule is O=C(OC(CS(=O)(=O)[O-])(C(F)(F)F)C(F)(F)F)C1CC2CCC1O2. The quantitative estimate of drug-likeness (QED) is 0.414. The van der Waals surface area contributed by atoms with E-state index in [4.69, 9.17) is 4.74 Å². The van der Waals surface area contributed by atoms with Crippen molar-refractivity contribution in [1.82, 2.24) is 0 Å². The zero-order valence-electron chi connectivity index (χ0n) is 11.7. The van der Waals surface area contributed by atoms with Crippen LogP contribution >= 0.6 is 0 Å². The third-order valence-corrected chi connectivity index (χ3v) is 4.74. The standard InChI is InChI=1S/C11H12F6O6S/c12-10(13,14)9(11(15,16)17,4-24(19,20)21)23-8(18)6-3-5-1-2-7(6)22-5/h5-7H,1-4H2,(H,19,20,21)/p-1. The Balaban J connectivity index is 2.36. The highest BCUT2D eigenvalue weighted by Gasteiger charge is 2.75. The van der Waals surface area contributed by atoms with Crippen molar-refractivity contribution >= 4 is 16.1 Å². The molecule has 13 heteroatoms. The maximum absolute atomic E-state index is 13.0. The second-order valence-corrected chi connectivity index (χ2v) is 7.07. The number of rotatable bonds is 4. The molecule has 2 bridgehead atoms. The molecule has 0 aromatic rings. The summed E-state index contributed by atoms with van der Waals surface area (Å²) in [4.78, 5) is 11.8. The van der Waals surface area contributed by atoms with Crippen LogP contribution in [0.3, 0.4) is 0 Å². The molecule has 24 heavy (non-hydrogen) atoms. The van der Waals surface area contributed by atoms with Crippen molar-refractivity contribution in [3.63, 3.8) is 0 Å². The van der Waals surface area contributed by atoms with Crippen LogP contribution in [-0.2, 0) is 24.4 Å². The number of hydrogen-bond donors (Lipinski definition) is 0. The van der Waals surface area contributed by atoms with Gasteiger partial charge in [0, 0.05) is 0 Å². The molecule has 2 aliphatic rings. The zero-order chi connectivity index (χ0) is 18.6. The first kappa shape index (κ1) is 19.2. The summed E-state index contributed by atoms with van der Waals surface area (Å²) in [5, 5.41) is 0. The largest absolute Gasteiger partial charge is 0.748 e. The molecule has 140 valence electrons. The molecule has 0 aliphatic carbocycles. The van der Waals surface area contributed by atoms with E-state index in [0.29, 0.717) is 6.42 Å². The summed E-state index contributed by atoms with van der Waals surface area (Å²) in [6.45, 7) is 0. The monoisotopic (exact) mass is 385 g/mol. The van der Waals surface area contributed by atoms with E-state index in [1.54, 1.807) is 0 Å². The Labute approximate surface area is 131 Å². The molecular weight excluding hydrogens is 374 g/mol. The van der Waals surface area contributed by atoms with E-state index in [0.717, 1.165) is 0 Å². The Morgan fingerprint density at radius 2 is 1.67 bits per heavy atom. The molecular formula is C11H11F6O6S-. The third-order valence-electron chi connectivity index (χ3n) is 3.98. The second kappa shape index (κ2) is 5.73. The van der Waals surface area contributed by atoms with Gasteiger partial charge in [-0.25, -0.2) is 8.42 Å². The van der Waals surface area contributed by atoms with Gasteiger partial charge in [0.2, 0.25) is 0 Å². The minimum Gasteiger partial charge on any atom is -0.748 e. The van der Waals surface area contributed by atoms with Crippen molar-refractivity contribution in [1.29, 1.82) is 0 Å². The van der Waals surface area contributed by atoms with E-state index >= 15 is 0 Å². The molecule has 6 nitrogen and oxygen atoms in total. The minimum atomic E-state index is -6.35. The molecule has 3 atom stereocenters. The Kier molecular flexibility index (Phi) is 4.59. The highest BCUT2D eigenvalue weighted by Crippen LogP contribution is 2.48. The molecule has 2 fully saturated rings. The van der Waals surface area contributed by atoms with Gasteiger partial charge in [-0.1, -0.05) is 0 Å². The summed E-state index contributed by atoms with van der Waals surface area (Å²) in [5.74, 6) is -6.25. The highest BCUT2D eigenvalue weighted by molar-refractivity contribution is 7.85. The van der Waals surface area contributed by atoms with Crippen molar-refractivity contribution in [2.75, 3.05) is 5.75 Å². The van der Waals surface area contributed by atoms with Crippen LogP contribution in [0.2, 0.25) is 0 Å². The first-order chi connectivity index (χ1) is 10.7. The maximum atomic E-state index is 13.0. The van der Waals surface area contributed by atoms with Crippen LogP contribution in [0, 0.1) is 5.92 Å². The lowest BCUT2D eigenvalue weighted by Gasteiger charge is -2.37. The first-order valence-electron chi connectivity index (χ1n) is 6.61. The van der Waals surface area contributed by atoms with E-state index in [1.165, 1.54) is 0 Å². The number of ether oxygens (including phenoxy) is 2. The third kappa shape index (κ3) is 3.47. The molecule has 2 saturated heterocycles. The van der Waals surface area contributed by atoms with Gasteiger partial charge in [0.05, 0.1) is 34.0 Å². The summed E-state index contributed by atoms with van der Waals surface area (Å²) >= 11 is 0. The van der Waals surface area contributed by atoms with Gasteiger partial charge in [-0.3, -0.25) is 4.79 Å². The highest BCUT2D eigenvalue weighted by atomic mass is 32.2. The smallest absolute Gasteiger partial charge is 0.438 e. The van der Waals surface area contributed by atoms with E-state index in [1.807, 2.05) is 0 Å². The number of alkyl halides is 6. The van der Waals surface area contributed by atoms with Gasteiger partial charge in [-0.05, 0) is 19.3 Å². The molecule has 0 aromatic heterocycles. The number of esters is 1. The summed E-state index contributed by atoms with van der Waals surface area (Å²) in [5.41, 5.74) is -5.42. The number of fused-ring (bicyclic) bond motifs is 2. The zero-order valence-corrected chi connectivity index (χ0v) is 12.5. The van der Waals surface area contributed by atoms with Crippen molar-refractivity contribution < 1.29 is 53.6 Å².